The SMILES string of the molecule is Nc1ccc(NC(=O)COCC(F)(F)F)cc1Cl. The zero-order valence-electron chi connectivity index (χ0n) is 9.05. The Labute approximate surface area is 106 Å². The summed E-state index contributed by atoms with van der Waals surface area (Å²) in [6.45, 7) is -2.16. The first-order valence-electron chi connectivity index (χ1n) is 4.77. The summed E-state index contributed by atoms with van der Waals surface area (Å²) >= 11 is 5.71. The van der Waals surface area contributed by atoms with Gasteiger partial charge in [0.25, 0.3) is 0 Å². The van der Waals surface area contributed by atoms with Crippen LogP contribution < -0.4 is 11.1 Å². The Bertz CT molecular complexity index is 438. The largest absolute Gasteiger partial charge is 0.411 e. The monoisotopic (exact) mass is 282 g/mol. The number of anilines is 2. The van der Waals surface area contributed by atoms with Crippen LogP contribution in [0.5, 0.6) is 0 Å². The van der Waals surface area contributed by atoms with Crippen LogP contribution in [0.25, 0.3) is 0 Å². The molecule has 1 aromatic rings. The molecule has 8 heteroatoms. The van der Waals surface area contributed by atoms with Crippen molar-refractivity contribution in [3.05, 3.63) is 23.2 Å². The van der Waals surface area contributed by atoms with Gasteiger partial charge in [0.15, 0.2) is 0 Å². The van der Waals surface area contributed by atoms with E-state index in [0.717, 1.165) is 0 Å². The molecule has 1 amide bonds. The van der Waals surface area contributed by atoms with Gasteiger partial charge in [0.05, 0.1) is 10.7 Å². The fourth-order valence-corrected chi connectivity index (χ4v) is 1.24. The summed E-state index contributed by atoms with van der Waals surface area (Å²) in [5.74, 6) is -0.708. The Morgan fingerprint density at radius 3 is 2.67 bits per heavy atom. The van der Waals surface area contributed by atoms with Gasteiger partial charge >= 0.3 is 6.18 Å². The lowest BCUT2D eigenvalue weighted by Gasteiger charge is -2.09. The number of nitrogens with one attached hydrogen (secondary N) is 1. The maximum absolute atomic E-state index is 11.7. The molecule has 0 aromatic heterocycles. The minimum atomic E-state index is -4.45. The third-order valence-corrected chi connectivity index (χ3v) is 2.11. The Morgan fingerprint density at radius 1 is 1.44 bits per heavy atom. The van der Waals surface area contributed by atoms with Gasteiger partial charge in [-0.25, -0.2) is 0 Å². The first-order chi connectivity index (χ1) is 8.28. The molecule has 0 bridgehead atoms. The number of carbonyl (C=O) groups is 1. The predicted molar refractivity (Wildman–Crippen MR) is 61.4 cm³/mol. The lowest BCUT2D eigenvalue weighted by Crippen LogP contribution is -2.23. The summed E-state index contributed by atoms with van der Waals surface area (Å²) in [5, 5.41) is 2.56. The first kappa shape index (κ1) is 14.6. The van der Waals surface area contributed by atoms with E-state index in [1.54, 1.807) is 0 Å². The van der Waals surface area contributed by atoms with E-state index in [1.165, 1.54) is 18.2 Å². The zero-order valence-corrected chi connectivity index (χ0v) is 9.81. The second-order valence-electron chi connectivity index (χ2n) is 3.39. The van der Waals surface area contributed by atoms with E-state index in [4.69, 9.17) is 17.3 Å². The Morgan fingerprint density at radius 2 is 2.11 bits per heavy atom. The molecule has 0 spiro atoms. The maximum Gasteiger partial charge on any atom is 0.411 e. The van der Waals surface area contributed by atoms with E-state index in [9.17, 15) is 18.0 Å². The fourth-order valence-electron chi connectivity index (χ4n) is 1.06. The van der Waals surface area contributed by atoms with Crippen LogP contribution in [-0.2, 0) is 9.53 Å². The van der Waals surface area contributed by atoms with Gasteiger partial charge in [0.2, 0.25) is 5.91 Å². The van der Waals surface area contributed by atoms with Crippen molar-refractivity contribution in [2.75, 3.05) is 24.3 Å². The van der Waals surface area contributed by atoms with Crippen LogP contribution >= 0.6 is 11.6 Å². The van der Waals surface area contributed by atoms with Gasteiger partial charge in [-0.3, -0.25) is 4.79 Å². The van der Waals surface area contributed by atoms with Crippen molar-refractivity contribution in [3.8, 4) is 0 Å². The third-order valence-electron chi connectivity index (χ3n) is 1.78. The highest BCUT2D eigenvalue weighted by atomic mass is 35.5. The minimum Gasteiger partial charge on any atom is -0.398 e. The first-order valence-corrected chi connectivity index (χ1v) is 5.15. The highest BCUT2D eigenvalue weighted by Crippen LogP contribution is 2.22. The van der Waals surface area contributed by atoms with E-state index in [2.05, 4.69) is 10.1 Å². The van der Waals surface area contributed by atoms with E-state index >= 15 is 0 Å². The number of hydrogen-bond acceptors (Lipinski definition) is 3. The van der Waals surface area contributed by atoms with Crippen LogP contribution in [0.1, 0.15) is 0 Å². The molecule has 0 aliphatic carbocycles. The van der Waals surface area contributed by atoms with Gasteiger partial charge < -0.3 is 15.8 Å². The van der Waals surface area contributed by atoms with Crippen molar-refractivity contribution in [3.63, 3.8) is 0 Å². The fraction of sp³-hybridized carbons (Fsp3) is 0.300. The number of carbonyl (C=O) groups excluding carboxylic acids is 1. The molecule has 18 heavy (non-hydrogen) atoms. The molecule has 0 unspecified atom stereocenters. The van der Waals surface area contributed by atoms with Gasteiger partial charge in [0, 0.05) is 5.69 Å². The van der Waals surface area contributed by atoms with E-state index in [0.29, 0.717) is 11.4 Å². The van der Waals surface area contributed by atoms with Crippen molar-refractivity contribution < 1.29 is 22.7 Å². The second kappa shape index (κ2) is 5.92. The summed E-state index contributed by atoms with van der Waals surface area (Å²) in [4.78, 5) is 11.2. The molecule has 3 N–H and O–H groups in total. The van der Waals surface area contributed by atoms with Crippen LogP contribution in [-0.4, -0.2) is 25.3 Å². The summed E-state index contributed by atoms with van der Waals surface area (Å²) in [5.41, 5.74) is 6.12. The molecule has 100 valence electrons. The normalized spacial score (nSPS) is 11.3. The average molecular weight is 283 g/mol. The number of hydrogen-bond donors (Lipinski definition) is 2. The smallest absolute Gasteiger partial charge is 0.398 e. The molecule has 4 nitrogen and oxygen atoms in total. The number of rotatable bonds is 4. The lowest BCUT2D eigenvalue weighted by atomic mass is 10.3. The molecule has 0 aliphatic heterocycles. The summed E-state index contributed by atoms with van der Waals surface area (Å²) in [7, 11) is 0. The number of alkyl halides is 3. The number of nitrogens with two attached hydrogens (primary N) is 1. The van der Waals surface area contributed by atoms with Gasteiger partial charge in [0.1, 0.15) is 13.2 Å². The highest BCUT2D eigenvalue weighted by molar-refractivity contribution is 6.33. The highest BCUT2D eigenvalue weighted by Gasteiger charge is 2.27. The molecule has 0 aliphatic rings. The number of benzene rings is 1. The van der Waals surface area contributed by atoms with Gasteiger partial charge in [-0.15, -0.1) is 0 Å². The van der Waals surface area contributed by atoms with Crippen molar-refractivity contribution in [2.45, 2.75) is 6.18 Å². The second-order valence-corrected chi connectivity index (χ2v) is 3.80. The van der Waals surface area contributed by atoms with Crippen molar-refractivity contribution in [1.82, 2.24) is 0 Å². The predicted octanol–water partition coefficient (Wildman–Crippen LogP) is 2.44. The van der Waals surface area contributed by atoms with Crippen LogP contribution in [0.4, 0.5) is 24.5 Å². The van der Waals surface area contributed by atoms with Crippen LogP contribution in [0.15, 0.2) is 18.2 Å². The number of ether oxygens (including phenoxy) is 1. The lowest BCUT2D eigenvalue weighted by molar-refractivity contribution is -0.174. The molecule has 1 rings (SSSR count). The Balaban J connectivity index is 2.42. The van der Waals surface area contributed by atoms with Crippen molar-refractivity contribution in [2.24, 2.45) is 0 Å². The summed E-state index contributed by atoms with van der Waals surface area (Å²) in [6.07, 6.45) is -4.45. The molecule has 0 saturated carbocycles. The molecular weight excluding hydrogens is 273 g/mol. The van der Waals surface area contributed by atoms with E-state index in [1.807, 2.05) is 0 Å². The number of amides is 1. The quantitative estimate of drug-likeness (QED) is 0.834. The Kier molecular flexibility index (Phi) is 4.80. The molecule has 0 heterocycles. The third kappa shape index (κ3) is 5.24. The maximum atomic E-state index is 11.7. The van der Waals surface area contributed by atoms with E-state index < -0.39 is 25.3 Å². The standard InChI is InChI=1S/C10H10ClF3N2O2/c11-7-3-6(1-2-8(7)15)16-9(17)4-18-5-10(12,13)14/h1-3H,4-5,15H2,(H,16,17). The molecule has 0 saturated heterocycles. The molecular formula is C10H10ClF3N2O2. The number of nitrogen functional groups attached to an aromatic ring is 1. The van der Waals surface area contributed by atoms with Crippen LogP contribution in [0.3, 0.4) is 0 Å². The van der Waals surface area contributed by atoms with Gasteiger partial charge in [-0.05, 0) is 18.2 Å². The summed E-state index contributed by atoms with van der Waals surface area (Å²) < 4.78 is 39.4. The molecule has 0 atom stereocenters. The van der Waals surface area contributed by atoms with Crippen molar-refractivity contribution in [1.29, 1.82) is 0 Å². The topological polar surface area (TPSA) is 64.3 Å². The molecule has 0 fully saturated rings. The van der Waals surface area contributed by atoms with Gasteiger partial charge in [-0.1, -0.05) is 11.6 Å². The average Bonchev–Trinajstić information content (AvgIpc) is 2.21. The Hall–Kier alpha value is -1.47. The van der Waals surface area contributed by atoms with E-state index in [-0.39, 0.29) is 5.02 Å². The van der Waals surface area contributed by atoms with Crippen LogP contribution in [0.2, 0.25) is 5.02 Å². The van der Waals surface area contributed by atoms with Crippen LogP contribution in [0, 0.1) is 0 Å². The minimum absolute atomic E-state index is 0.240. The molecule has 0 radical (unpaired) electrons. The van der Waals surface area contributed by atoms with Gasteiger partial charge in [-0.2, -0.15) is 13.2 Å². The zero-order chi connectivity index (χ0) is 13.8. The summed E-state index contributed by atoms with van der Waals surface area (Å²) in [6, 6.07) is 4.33. The molecule has 1 aromatic carbocycles. The van der Waals surface area contributed by atoms with Crippen molar-refractivity contribution >= 4 is 28.9 Å². The number of halogens is 4.